The molecule has 0 aliphatic carbocycles. The average molecular weight is 482 g/mol. The van der Waals surface area contributed by atoms with Crippen LogP contribution >= 0.6 is 0 Å². The van der Waals surface area contributed by atoms with Crippen LogP contribution in [0.1, 0.15) is 26.0 Å². The fraction of sp³-hybridized carbons (Fsp3) is 0.542. The Bertz CT molecular complexity index is 1220. The van der Waals surface area contributed by atoms with Gasteiger partial charge in [0.05, 0.1) is 36.7 Å². The van der Waals surface area contributed by atoms with E-state index in [1.807, 2.05) is 31.3 Å². The van der Waals surface area contributed by atoms with Crippen molar-refractivity contribution in [3.63, 3.8) is 0 Å². The van der Waals surface area contributed by atoms with Crippen LogP contribution in [0.15, 0.2) is 34.6 Å². The lowest BCUT2D eigenvalue weighted by atomic mass is 10.0. The number of nitrogens with zero attached hydrogens (tertiary/aromatic N) is 7. The van der Waals surface area contributed by atoms with E-state index in [4.69, 9.17) is 14.7 Å². The molecular formula is C24H32FN9O. The highest BCUT2D eigenvalue weighted by Crippen LogP contribution is 2.32. The highest BCUT2D eigenvalue weighted by atomic mass is 19.1. The first-order valence-corrected chi connectivity index (χ1v) is 12.1. The maximum absolute atomic E-state index is 15.0. The Hall–Kier alpha value is -3.18. The zero-order valence-corrected chi connectivity index (χ0v) is 20.6. The van der Waals surface area contributed by atoms with Crippen molar-refractivity contribution < 1.29 is 9.13 Å². The van der Waals surface area contributed by atoms with Gasteiger partial charge in [-0.25, -0.2) is 8.91 Å². The van der Waals surface area contributed by atoms with Crippen molar-refractivity contribution in [2.75, 3.05) is 44.0 Å². The van der Waals surface area contributed by atoms with Crippen molar-refractivity contribution in [3.8, 4) is 11.3 Å². The number of likely N-dealkylation sites (tertiary alicyclic amines) is 1. The van der Waals surface area contributed by atoms with Gasteiger partial charge in [0.1, 0.15) is 17.4 Å². The van der Waals surface area contributed by atoms with E-state index in [-0.39, 0.29) is 12.1 Å². The molecule has 0 aromatic carbocycles. The van der Waals surface area contributed by atoms with Crippen LogP contribution in [-0.4, -0.2) is 82.1 Å². The summed E-state index contributed by atoms with van der Waals surface area (Å²) in [5.74, 6) is 1.08. The molecule has 2 saturated heterocycles. The number of anilines is 2. The van der Waals surface area contributed by atoms with Crippen LogP contribution in [-0.2, 0) is 4.74 Å². The van der Waals surface area contributed by atoms with Crippen molar-refractivity contribution >= 4 is 23.0 Å². The zero-order valence-electron chi connectivity index (χ0n) is 20.6. The van der Waals surface area contributed by atoms with E-state index in [0.717, 1.165) is 34.7 Å². The summed E-state index contributed by atoms with van der Waals surface area (Å²) in [6.45, 7) is 8.65. The number of nitrogens with one attached hydrogen (secondary N) is 2. The highest BCUT2D eigenvalue weighted by Gasteiger charge is 2.35. The minimum atomic E-state index is -1.00. The number of pyridine rings is 1. The Morgan fingerprint density at radius 2 is 2.03 bits per heavy atom. The predicted molar refractivity (Wildman–Crippen MR) is 133 cm³/mol. The van der Waals surface area contributed by atoms with Gasteiger partial charge in [0, 0.05) is 37.9 Å². The summed E-state index contributed by atoms with van der Waals surface area (Å²) >= 11 is 0. The molecule has 0 amide bonds. The number of alkyl halides is 1. The van der Waals surface area contributed by atoms with E-state index in [1.54, 1.807) is 11.6 Å². The van der Waals surface area contributed by atoms with Gasteiger partial charge in [-0.1, -0.05) is 0 Å². The molecule has 2 fully saturated rings. The highest BCUT2D eigenvalue weighted by molar-refractivity contribution is 5.88. The van der Waals surface area contributed by atoms with Crippen LogP contribution in [0.5, 0.6) is 0 Å². The fourth-order valence-electron chi connectivity index (χ4n) is 4.61. The standard InChI is InChI=1S/C24H32FN9O/c1-14(2)27-23-22-17(20-6-5-19(31-26-4)15(3)28-20)7-10-34(22)32-24(30-23)29-21-8-9-33(11-18(21)25)16-12-35-13-16/h5-7,10,14,16,18,21H,8-9,11-13H2,1-4H3,(H2,27,29,30,32). The fourth-order valence-corrected chi connectivity index (χ4v) is 4.61. The quantitative estimate of drug-likeness (QED) is 0.494. The molecule has 0 bridgehead atoms. The SMILES string of the molecule is CN=Nc1ccc(-c2ccn3nc(NC4CCN(C5COC5)CC4F)nc(NC(C)C)c23)nc1C. The summed E-state index contributed by atoms with van der Waals surface area (Å²) in [6, 6.07) is 5.96. The van der Waals surface area contributed by atoms with E-state index < -0.39 is 6.17 Å². The van der Waals surface area contributed by atoms with E-state index in [2.05, 4.69) is 44.7 Å². The van der Waals surface area contributed by atoms with Gasteiger partial charge in [0.25, 0.3) is 0 Å². The molecule has 3 aromatic rings. The van der Waals surface area contributed by atoms with Crippen molar-refractivity contribution in [2.24, 2.45) is 10.2 Å². The topological polar surface area (TPSA) is 104 Å². The monoisotopic (exact) mass is 481 g/mol. The van der Waals surface area contributed by atoms with Crippen molar-refractivity contribution in [3.05, 3.63) is 30.1 Å². The number of azo groups is 1. The number of hydrogen-bond acceptors (Lipinski definition) is 9. The second kappa shape index (κ2) is 9.82. The van der Waals surface area contributed by atoms with Gasteiger partial charge >= 0.3 is 0 Å². The maximum Gasteiger partial charge on any atom is 0.243 e. The Kier molecular flexibility index (Phi) is 6.61. The first-order chi connectivity index (χ1) is 16.9. The van der Waals surface area contributed by atoms with Crippen LogP contribution < -0.4 is 10.6 Å². The number of halogens is 1. The van der Waals surface area contributed by atoms with Crippen molar-refractivity contribution in [2.45, 2.75) is 51.5 Å². The van der Waals surface area contributed by atoms with E-state index in [1.165, 1.54) is 0 Å². The van der Waals surface area contributed by atoms with Crippen molar-refractivity contribution in [1.82, 2.24) is 24.5 Å². The summed E-state index contributed by atoms with van der Waals surface area (Å²) in [4.78, 5) is 11.7. The number of aryl methyl sites for hydroxylation is 1. The van der Waals surface area contributed by atoms with Gasteiger partial charge in [-0.05, 0) is 45.4 Å². The minimum absolute atomic E-state index is 0.146. The third kappa shape index (κ3) is 4.83. The maximum atomic E-state index is 15.0. The Labute approximate surface area is 204 Å². The lowest BCUT2D eigenvalue weighted by molar-refractivity contribution is -0.0794. The third-order valence-electron chi connectivity index (χ3n) is 6.50. The number of hydrogen-bond donors (Lipinski definition) is 2. The van der Waals surface area contributed by atoms with Gasteiger partial charge in [0.2, 0.25) is 5.95 Å². The molecule has 2 atom stereocenters. The molecule has 5 heterocycles. The lowest BCUT2D eigenvalue weighted by Crippen LogP contribution is -2.57. The average Bonchev–Trinajstić information content (AvgIpc) is 3.20. The molecular weight excluding hydrogens is 449 g/mol. The van der Waals surface area contributed by atoms with Crippen LogP contribution in [0.3, 0.4) is 0 Å². The largest absolute Gasteiger partial charge is 0.378 e. The van der Waals surface area contributed by atoms with Gasteiger partial charge in [-0.15, -0.1) is 5.10 Å². The van der Waals surface area contributed by atoms with E-state index in [9.17, 15) is 0 Å². The molecule has 5 rings (SSSR count). The van der Waals surface area contributed by atoms with Crippen LogP contribution in [0.2, 0.25) is 0 Å². The summed E-state index contributed by atoms with van der Waals surface area (Å²) in [7, 11) is 1.64. The first kappa shape index (κ1) is 23.6. The number of aromatic nitrogens is 4. The molecule has 0 spiro atoms. The molecule has 11 heteroatoms. The number of ether oxygens (including phenoxy) is 1. The molecule has 2 aliphatic rings. The molecule has 2 aliphatic heterocycles. The zero-order chi connectivity index (χ0) is 24.5. The predicted octanol–water partition coefficient (Wildman–Crippen LogP) is 3.86. The normalized spacial score (nSPS) is 21.7. The van der Waals surface area contributed by atoms with Gasteiger partial charge < -0.3 is 15.4 Å². The Morgan fingerprint density at radius 3 is 2.69 bits per heavy atom. The van der Waals surface area contributed by atoms with Crippen molar-refractivity contribution in [1.29, 1.82) is 0 Å². The summed E-state index contributed by atoms with van der Waals surface area (Å²) in [5.41, 5.74) is 4.05. The summed E-state index contributed by atoms with van der Waals surface area (Å²) < 4.78 is 22.1. The van der Waals surface area contributed by atoms with Crippen LogP contribution in [0.25, 0.3) is 16.8 Å². The number of fused-ring (bicyclic) bond motifs is 1. The number of piperidine rings is 1. The molecule has 0 saturated carbocycles. The number of rotatable bonds is 7. The minimum Gasteiger partial charge on any atom is -0.378 e. The van der Waals surface area contributed by atoms with Gasteiger partial charge in [0.15, 0.2) is 5.82 Å². The lowest BCUT2D eigenvalue weighted by Gasteiger charge is -2.42. The molecule has 35 heavy (non-hydrogen) atoms. The van der Waals surface area contributed by atoms with Crippen LogP contribution in [0, 0.1) is 6.92 Å². The molecule has 186 valence electrons. The van der Waals surface area contributed by atoms with Crippen LogP contribution in [0.4, 0.5) is 21.8 Å². The van der Waals surface area contributed by atoms with Gasteiger partial charge in [-0.3, -0.25) is 9.88 Å². The van der Waals surface area contributed by atoms with Gasteiger partial charge in [-0.2, -0.15) is 15.2 Å². The second-order valence-electron chi connectivity index (χ2n) is 9.45. The molecule has 2 unspecified atom stereocenters. The molecule has 3 aromatic heterocycles. The smallest absolute Gasteiger partial charge is 0.243 e. The third-order valence-corrected chi connectivity index (χ3v) is 6.50. The van der Waals surface area contributed by atoms with E-state index >= 15 is 4.39 Å². The Balaban J connectivity index is 1.44. The Morgan fingerprint density at radius 1 is 1.20 bits per heavy atom. The molecule has 0 radical (unpaired) electrons. The molecule has 10 nitrogen and oxygen atoms in total. The second-order valence-corrected chi connectivity index (χ2v) is 9.45. The summed E-state index contributed by atoms with van der Waals surface area (Å²) in [5, 5.41) is 19.3. The molecule has 2 N–H and O–H groups in total. The summed E-state index contributed by atoms with van der Waals surface area (Å²) in [6.07, 6.45) is 1.57. The van der Waals surface area contributed by atoms with E-state index in [0.29, 0.717) is 44.0 Å². The first-order valence-electron chi connectivity index (χ1n) is 12.1.